The Balaban J connectivity index is 2.07. The van der Waals surface area contributed by atoms with E-state index >= 15 is 0 Å². The van der Waals surface area contributed by atoms with Crippen molar-refractivity contribution in [1.29, 1.82) is 5.26 Å². The number of hydrogen-bond acceptors (Lipinski definition) is 4. The highest BCUT2D eigenvalue weighted by Gasteiger charge is 2.16. The molecule has 1 heterocycles. The first-order valence-electron chi connectivity index (χ1n) is 9.33. The molecule has 2 aromatic rings. The minimum absolute atomic E-state index is 0.274. The molecule has 0 saturated carbocycles. The van der Waals surface area contributed by atoms with Gasteiger partial charge in [0.05, 0.1) is 5.69 Å². The molecule has 2 rings (SSSR count). The summed E-state index contributed by atoms with van der Waals surface area (Å²) in [6.45, 7) is 8.06. The molecule has 0 bridgehead atoms. The maximum absolute atomic E-state index is 13.6. The average molecular weight is 415 g/mol. The van der Waals surface area contributed by atoms with Crippen molar-refractivity contribution in [2.45, 2.75) is 34.2 Å². The second-order valence-electron chi connectivity index (χ2n) is 7.25. The molecule has 158 valence electrons. The summed E-state index contributed by atoms with van der Waals surface area (Å²) in [4.78, 5) is 24.1. The first-order valence-corrected chi connectivity index (χ1v) is 9.33. The lowest BCUT2D eigenvalue weighted by Crippen LogP contribution is -2.22. The molecule has 0 aliphatic carbocycles. The first-order chi connectivity index (χ1) is 14.1. The number of nitrogens with one attached hydrogen (secondary N) is 1. The largest absolute Gasteiger partial charge is 0.451 e. The predicted octanol–water partition coefficient (Wildman–Crippen LogP) is 4.13. The van der Waals surface area contributed by atoms with E-state index in [0.29, 0.717) is 11.5 Å². The number of carbonyl (C=O) groups excluding carboxylic acids is 2. The number of aryl methyl sites for hydroxylation is 1. The lowest BCUT2D eigenvalue weighted by Gasteiger charge is -2.12. The van der Waals surface area contributed by atoms with E-state index in [4.69, 9.17) is 4.74 Å². The number of amides is 1. The van der Waals surface area contributed by atoms with Crippen molar-refractivity contribution in [3.63, 3.8) is 0 Å². The van der Waals surface area contributed by atoms with E-state index in [0.717, 1.165) is 36.1 Å². The van der Waals surface area contributed by atoms with Crippen molar-refractivity contribution in [2.75, 3.05) is 11.9 Å². The molecule has 0 spiro atoms. The maximum Gasteiger partial charge on any atom is 0.349 e. The quantitative estimate of drug-likeness (QED) is 0.419. The Bertz CT molecular complexity index is 1030. The number of anilines is 1. The standard InChI is InChI=1S/C22H23F2N3O3/c1-13(2)11-27-14(3)7-16(15(27)4)8-17(10-25)22(29)30-12-21(28)26-20-9-18(23)5-6-19(20)24/h5-9,13H,11-12H2,1-4H3,(H,26,28)/b17-8+. The highest BCUT2D eigenvalue weighted by Crippen LogP contribution is 2.20. The highest BCUT2D eigenvalue weighted by atomic mass is 19.1. The molecule has 1 amide bonds. The second-order valence-corrected chi connectivity index (χ2v) is 7.25. The molecular formula is C22H23F2N3O3. The van der Waals surface area contributed by atoms with Crippen LogP contribution in [-0.4, -0.2) is 23.1 Å². The monoisotopic (exact) mass is 415 g/mol. The van der Waals surface area contributed by atoms with Crippen LogP contribution < -0.4 is 5.32 Å². The van der Waals surface area contributed by atoms with Gasteiger partial charge in [0.15, 0.2) is 6.61 Å². The molecular weight excluding hydrogens is 392 g/mol. The zero-order chi connectivity index (χ0) is 22.4. The van der Waals surface area contributed by atoms with Gasteiger partial charge in [-0.05, 0) is 49.6 Å². The van der Waals surface area contributed by atoms with Gasteiger partial charge in [0.1, 0.15) is 23.3 Å². The summed E-state index contributed by atoms with van der Waals surface area (Å²) in [5.41, 5.74) is 1.96. The summed E-state index contributed by atoms with van der Waals surface area (Å²) in [5, 5.41) is 11.4. The number of ether oxygens (including phenoxy) is 1. The third-order valence-corrected chi connectivity index (χ3v) is 4.34. The molecule has 0 fully saturated rings. The van der Waals surface area contributed by atoms with Crippen molar-refractivity contribution < 1.29 is 23.1 Å². The lowest BCUT2D eigenvalue weighted by atomic mass is 10.1. The van der Waals surface area contributed by atoms with E-state index in [9.17, 15) is 23.6 Å². The van der Waals surface area contributed by atoms with Crippen molar-refractivity contribution in [1.82, 2.24) is 4.57 Å². The maximum atomic E-state index is 13.6. The van der Waals surface area contributed by atoms with Crippen LogP contribution in [0, 0.1) is 42.7 Å². The average Bonchev–Trinajstić information content (AvgIpc) is 2.94. The Kier molecular flexibility index (Phi) is 7.48. The summed E-state index contributed by atoms with van der Waals surface area (Å²) < 4.78 is 33.7. The Hall–Kier alpha value is -3.47. The number of aromatic nitrogens is 1. The number of halogens is 2. The van der Waals surface area contributed by atoms with Crippen LogP contribution in [0.1, 0.15) is 30.8 Å². The molecule has 0 unspecified atom stereocenters. The predicted molar refractivity (Wildman–Crippen MR) is 108 cm³/mol. The molecule has 8 heteroatoms. The fraction of sp³-hybridized carbons (Fsp3) is 0.318. The van der Waals surface area contributed by atoms with Crippen molar-refractivity contribution in [3.05, 3.63) is 58.4 Å². The summed E-state index contributed by atoms with van der Waals surface area (Å²) in [5.74, 6) is -2.98. The number of esters is 1. The topological polar surface area (TPSA) is 84.1 Å². The summed E-state index contributed by atoms with van der Waals surface area (Å²) in [6.07, 6.45) is 1.41. The molecule has 0 aliphatic heterocycles. The van der Waals surface area contributed by atoms with Gasteiger partial charge < -0.3 is 14.6 Å². The van der Waals surface area contributed by atoms with Crippen LogP contribution in [0.2, 0.25) is 0 Å². The van der Waals surface area contributed by atoms with E-state index in [1.807, 2.05) is 19.9 Å². The molecule has 0 radical (unpaired) electrons. The van der Waals surface area contributed by atoms with E-state index in [-0.39, 0.29) is 11.3 Å². The van der Waals surface area contributed by atoms with Crippen LogP contribution in [0.25, 0.3) is 6.08 Å². The molecule has 6 nitrogen and oxygen atoms in total. The van der Waals surface area contributed by atoms with Gasteiger partial charge in [0, 0.05) is 24.0 Å². The van der Waals surface area contributed by atoms with Crippen LogP contribution in [-0.2, 0) is 20.9 Å². The Morgan fingerprint density at radius 2 is 1.97 bits per heavy atom. The minimum Gasteiger partial charge on any atom is -0.451 e. The van der Waals surface area contributed by atoms with Gasteiger partial charge in [0.25, 0.3) is 5.91 Å². The van der Waals surface area contributed by atoms with Crippen molar-refractivity contribution >= 4 is 23.6 Å². The minimum atomic E-state index is -0.985. The second kappa shape index (κ2) is 9.83. The van der Waals surface area contributed by atoms with Gasteiger partial charge in [-0.25, -0.2) is 13.6 Å². The molecule has 0 saturated heterocycles. The fourth-order valence-electron chi connectivity index (χ4n) is 2.90. The highest BCUT2D eigenvalue weighted by molar-refractivity contribution is 6.00. The van der Waals surface area contributed by atoms with Crippen molar-refractivity contribution in [2.24, 2.45) is 5.92 Å². The van der Waals surface area contributed by atoms with E-state index in [2.05, 4.69) is 23.7 Å². The van der Waals surface area contributed by atoms with Crippen LogP contribution in [0.4, 0.5) is 14.5 Å². The summed E-state index contributed by atoms with van der Waals surface area (Å²) in [6, 6.07) is 6.22. The number of carbonyl (C=O) groups is 2. The van der Waals surface area contributed by atoms with Crippen molar-refractivity contribution in [3.8, 4) is 6.07 Å². The lowest BCUT2D eigenvalue weighted by molar-refractivity contribution is -0.142. The molecule has 1 aromatic carbocycles. The Morgan fingerprint density at radius 1 is 1.27 bits per heavy atom. The molecule has 0 aliphatic rings. The summed E-state index contributed by atoms with van der Waals surface area (Å²) >= 11 is 0. The van der Waals surface area contributed by atoms with Gasteiger partial charge in [-0.1, -0.05) is 13.8 Å². The molecule has 30 heavy (non-hydrogen) atoms. The molecule has 1 aromatic heterocycles. The first kappa shape index (κ1) is 22.8. The van der Waals surface area contributed by atoms with Crippen LogP contribution in [0.15, 0.2) is 29.8 Å². The van der Waals surface area contributed by atoms with Gasteiger partial charge in [0.2, 0.25) is 0 Å². The van der Waals surface area contributed by atoms with Gasteiger partial charge >= 0.3 is 5.97 Å². The number of hydrogen-bond donors (Lipinski definition) is 1. The van der Waals surface area contributed by atoms with E-state index < -0.39 is 30.1 Å². The summed E-state index contributed by atoms with van der Waals surface area (Å²) in [7, 11) is 0. The number of benzene rings is 1. The van der Waals surface area contributed by atoms with Crippen LogP contribution in [0.5, 0.6) is 0 Å². The van der Waals surface area contributed by atoms with Gasteiger partial charge in [-0.3, -0.25) is 4.79 Å². The Labute approximate surface area is 173 Å². The fourth-order valence-corrected chi connectivity index (χ4v) is 2.90. The van der Waals surface area contributed by atoms with E-state index in [1.165, 1.54) is 6.08 Å². The smallest absolute Gasteiger partial charge is 0.349 e. The zero-order valence-corrected chi connectivity index (χ0v) is 17.3. The number of nitriles is 1. The number of nitrogens with zero attached hydrogens (tertiary/aromatic N) is 2. The van der Waals surface area contributed by atoms with Gasteiger partial charge in [-0.15, -0.1) is 0 Å². The SMILES string of the molecule is Cc1cc(/C=C(\C#N)C(=O)OCC(=O)Nc2cc(F)ccc2F)c(C)n1CC(C)C. The van der Waals surface area contributed by atoms with Crippen LogP contribution in [0.3, 0.4) is 0 Å². The molecule has 0 atom stereocenters. The third-order valence-electron chi connectivity index (χ3n) is 4.34. The van der Waals surface area contributed by atoms with Gasteiger partial charge in [-0.2, -0.15) is 5.26 Å². The molecule has 1 N–H and O–H groups in total. The van der Waals surface area contributed by atoms with E-state index in [1.54, 1.807) is 6.07 Å². The normalized spacial score (nSPS) is 11.3. The zero-order valence-electron chi connectivity index (χ0n) is 17.3. The third kappa shape index (κ3) is 5.77. The van der Waals surface area contributed by atoms with Crippen LogP contribution >= 0.6 is 0 Å². The number of rotatable bonds is 7. The Morgan fingerprint density at radius 3 is 2.60 bits per heavy atom.